The van der Waals surface area contributed by atoms with Crippen molar-refractivity contribution in [1.82, 2.24) is 9.97 Å². The fourth-order valence-electron chi connectivity index (χ4n) is 5.65. The number of pyridine rings is 2. The molecule has 2 aromatic heterocycles. The molecule has 4 aliphatic carbocycles. The second-order valence-electron chi connectivity index (χ2n) is 8.66. The molecule has 4 aliphatic rings. The van der Waals surface area contributed by atoms with Crippen LogP contribution >= 0.6 is 21.6 Å². The lowest BCUT2D eigenvalue weighted by molar-refractivity contribution is -0.187. The largest absolute Gasteiger partial charge is 0.481 e. The predicted molar refractivity (Wildman–Crippen MR) is 115 cm³/mol. The van der Waals surface area contributed by atoms with Crippen LogP contribution in [0.3, 0.4) is 0 Å². The van der Waals surface area contributed by atoms with Gasteiger partial charge in [0.25, 0.3) is 0 Å². The zero-order valence-electron chi connectivity index (χ0n) is 16.4. The van der Waals surface area contributed by atoms with Crippen LogP contribution in [0, 0.1) is 22.7 Å². The number of hydrogen-bond donors (Lipinski definition) is 2. The smallest absolute Gasteiger partial charge is 0.309 e. The first kappa shape index (κ1) is 21.2. The summed E-state index contributed by atoms with van der Waals surface area (Å²) in [6, 6.07) is 8.00. The number of hydrogen-bond acceptors (Lipinski definition) is 6. The molecule has 2 aromatic rings. The fraction of sp³-hybridized carbons (Fsp3) is 0.455. The topological polar surface area (TPSA) is 100 Å². The van der Waals surface area contributed by atoms with Crippen molar-refractivity contribution in [2.75, 3.05) is 0 Å². The van der Waals surface area contributed by atoms with Gasteiger partial charge in [0.15, 0.2) is 0 Å². The molecule has 6 nitrogen and oxygen atoms in total. The third-order valence-corrected chi connectivity index (χ3v) is 8.92. The molecule has 4 saturated carbocycles. The molecule has 0 saturated heterocycles. The van der Waals surface area contributed by atoms with Crippen molar-refractivity contribution < 1.29 is 19.8 Å². The lowest BCUT2D eigenvalue weighted by atomic mass is 9.44. The first-order valence-corrected chi connectivity index (χ1v) is 12.2. The van der Waals surface area contributed by atoms with Gasteiger partial charge in [-0.25, -0.2) is 0 Å². The number of carboxylic acids is 2. The van der Waals surface area contributed by atoms with Crippen molar-refractivity contribution in [3.8, 4) is 0 Å². The Kier molecular flexibility index (Phi) is 6.06. The molecule has 0 aromatic carbocycles. The lowest BCUT2D eigenvalue weighted by Crippen LogP contribution is -2.57. The highest BCUT2D eigenvalue weighted by atomic mass is 33.1. The first-order chi connectivity index (χ1) is 14.4. The summed E-state index contributed by atoms with van der Waals surface area (Å²) in [5.74, 6) is -0.888. The number of carboxylic acid groups (broad SMARTS) is 2. The highest BCUT2D eigenvalue weighted by Gasteiger charge is 2.63. The zero-order valence-corrected chi connectivity index (χ0v) is 18.1. The van der Waals surface area contributed by atoms with Crippen LogP contribution in [0.2, 0.25) is 0 Å². The van der Waals surface area contributed by atoms with E-state index in [2.05, 4.69) is 9.97 Å². The number of carbonyl (C=O) groups is 2. The van der Waals surface area contributed by atoms with Gasteiger partial charge in [-0.05, 0) is 74.6 Å². The van der Waals surface area contributed by atoms with E-state index in [0.717, 1.165) is 6.42 Å². The van der Waals surface area contributed by atoms with Crippen LogP contribution in [0.5, 0.6) is 0 Å². The lowest BCUT2D eigenvalue weighted by Gasteiger charge is -2.58. The van der Waals surface area contributed by atoms with Crippen LogP contribution in [0.25, 0.3) is 0 Å². The molecule has 0 amide bonds. The van der Waals surface area contributed by atoms with Crippen molar-refractivity contribution in [1.29, 1.82) is 0 Å². The van der Waals surface area contributed by atoms with Crippen molar-refractivity contribution in [3.63, 3.8) is 0 Å². The standard InChI is InChI=1S/C12H16O4.C10H8N2S2/c13-9(14)11-2-7-1-8(4-11)5-12(3-7,6-11)10(15)16;1-5-11-6-2-9(1)13-14-10-3-7-12-8-4-10/h7-8H,1-6H2,(H,13,14)(H,15,16);1-8H. The molecule has 4 fully saturated rings. The maximum atomic E-state index is 11.4. The van der Waals surface area contributed by atoms with Gasteiger partial charge in [-0.2, -0.15) is 0 Å². The summed E-state index contributed by atoms with van der Waals surface area (Å²) in [4.78, 5) is 33.2. The van der Waals surface area contributed by atoms with Gasteiger partial charge in [-0.3, -0.25) is 19.6 Å². The molecule has 0 aliphatic heterocycles. The van der Waals surface area contributed by atoms with Gasteiger partial charge < -0.3 is 10.2 Å². The van der Waals surface area contributed by atoms with E-state index >= 15 is 0 Å². The molecule has 2 N–H and O–H groups in total. The van der Waals surface area contributed by atoms with Crippen LogP contribution in [-0.4, -0.2) is 32.1 Å². The minimum atomic E-state index is -0.771. The Labute approximate surface area is 183 Å². The quantitative estimate of drug-likeness (QED) is 0.620. The van der Waals surface area contributed by atoms with Gasteiger partial charge in [-0.1, -0.05) is 21.6 Å². The summed E-state index contributed by atoms with van der Waals surface area (Å²) in [6.45, 7) is 0. The number of aromatic nitrogens is 2. The maximum Gasteiger partial charge on any atom is 0.309 e. The molecule has 0 radical (unpaired) electrons. The Morgan fingerprint density at radius 1 is 0.767 bits per heavy atom. The number of nitrogens with zero attached hydrogens (tertiary/aromatic N) is 2. The van der Waals surface area contributed by atoms with Gasteiger partial charge in [0.1, 0.15) is 0 Å². The molecule has 158 valence electrons. The SMILES string of the molecule is O=C(O)C12CC3CC(C1)CC(C(=O)O)(C3)C2.c1cc(SSc2ccncc2)ccn1. The Morgan fingerprint density at radius 2 is 1.13 bits per heavy atom. The average molecular weight is 445 g/mol. The molecule has 0 unspecified atom stereocenters. The maximum absolute atomic E-state index is 11.4. The second-order valence-corrected chi connectivity index (χ2v) is 10.9. The Balaban J connectivity index is 0.000000147. The van der Waals surface area contributed by atoms with E-state index in [1.54, 1.807) is 46.4 Å². The third kappa shape index (κ3) is 4.34. The van der Waals surface area contributed by atoms with Crippen LogP contribution in [-0.2, 0) is 9.59 Å². The highest BCUT2D eigenvalue weighted by Crippen LogP contribution is 2.65. The van der Waals surface area contributed by atoms with E-state index in [4.69, 9.17) is 0 Å². The van der Waals surface area contributed by atoms with E-state index in [0.29, 0.717) is 43.9 Å². The molecule has 30 heavy (non-hydrogen) atoms. The zero-order chi connectivity index (χ0) is 21.2. The molecule has 4 bridgehead atoms. The van der Waals surface area contributed by atoms with Crippen LogP contribution in [0.1, 0.15) is 38.5 Å². The van der Waals surface area contributed by atoms with Gasteiger partial charge >= 0.3 is 11.9 Å². The van der Waals surface area contributed by atoms with E-state index in [9.17, 15) is 19.8 Å². The summed E-state index contributed by atoms with van der Waals surface area (Å²) in [6.07, 6.45) is 11.4. The molecule has 8 heteroatoms. The molecular weight excluding hydrogens is 420 g/mol. The monoisotopic (exact) mass is 444 g/mol. The van der Waals surface area contributed by atoms with Gasteiger partial charge in [0.2, 0.25) is 0 Å². The summed E-state index contributed by atoms with van der Waals surface area (Å²) in [7, 11) is 3.44. The van der Waals surface area contributed by atoms with E-state index in [1.807, 2.05) is 24.3 Å². The van der Waals surface area contributed by atoms with Crippen molar-refractivity contribution in [2.24, 2.45) is 22.7 Å². The molecule has 0 spiro atoms. The Morgan fingerprint density at radius 3 is 1.47 bits per heavy atom. The number of aliphatic carboxylic acids is 2. The predicted octanol–water partition coefficient (Wildman–Crippen LogP) is 5.02. The van der Waals surface area contributed by atoms with Gasteiger partial charge in [0, 0.05) is 34.6 Å². The summed E-state index contributed by atoms with van der Waals surface area (Å²) < 4.78 is 0. The first-order valence-electron chi connectivity index (χ1n) is 10.0. The average Bonchev–Trinajstić information content (AvgIpc) is 2.73. The van der Waals surface area contributed by atoms with E-state index in [1.165, 1.54) is 9.79 Å². The minimum absolute atomic E-state index is 0.327. The molecule has 0 atom stereocenters. The second kappa shape index (κ2) is 8.59. The van der Waals surface area contributed by atoms with E-state index < -0.39 is 22.8 Å². The Bertz CT molecular complexity index is 824. The summed E-state index contributed by atoms with van der Waals surface area (Å²) in [5, 5.41) is 18.8. The molecular formula is C22H24N2O4S2. The summed E-state index contributed by atoms with van der Waals surface area (Å²) >= 11 is 0. The van der Waals surface area contributed by atoms with Crippen molar-refractivity contribution >= 4 is 33.5 Å². The number of rotatable bonds is 5. The van der Waals surface area contributed by atoms with Crippen molar-refractivity contribution in [2.45, 2.75) is 48.3 Å². The minimum Gasteiger partial charge on any atom is -0.481 e. The third-order valence-electron chi connectivity index (χ3n) is 6.50. The van der Waals surface area contributed by atoms with Crippen LogP contribution in [0.15, 0.2) is 58.8 Å². The normalized spacial score (nSPS) is 30.9. The summed E-state index contributed by atoms with van der Waals surface area (Å²) in [5.41, 5.74) is -1.44. The highest BCUT2D eigenvalue weighted by molar-refractivity contribution is 8.76. The Hall–Kier alpha value is -2.06. The molecule has 6 rings (SSSR count). The van der Waals surface area contributed by atoms with Crippen LogP contribution < -0.4 is 0 Å². The van der Waals surface area contributed by atoms with E-state index in [-0.39, 0.29) is 0 Å². The van der Waals surface area contributed by atoms with Crippen molar-refractivity contribution in [3.05, 3.63) is 49.1 Å². The fourth-order valence-corrected chi connectivity index (χ4v) is 7.55. The molecule has 2 heterocycles. The van der Waals surface area contributed by atoms with Crippen LogP contribution in [0.4, 0.5) is 0 Å². The van der Waals surface area contributed by atoms with Gasteiger partial charge in [-0.15, -0.1) is 0 Å². The van der Waals surface area contributed by atoms with Gasteiger partial charge in [0.05, 0.1) is 10.8 Å².